The van der Waals surface area contributed by atoms with Crippen LogP contribution in [0, 0.1) is 17.0 Å². The Balaban J connectivity index is 2.78. The molecular weight excluding hydrogens is 170 g/mol. The van der Waals surface area contributed by atoms with E-state index in [1.165, 1.54) is 0 Å². The Labute approximate surface area is 75.3 Å². The standard InChI is InChI=1S/C9H9NO3/c1-7-2-4-8(5-3-7)9(11)6-10(12)13/h2-5H,6H2,1H3. The lowest BCUT2D eigenvalue weighted by atomic mass is 10.1. The van der Waals surface area contributed by atoms with Crippen molar-refractivity contribution in [1.82, 2.24) is 0 Å². The lowest BCUT2D eigenvalue weighted by Gasteiger charge is -1.96. The Morgan fingerprint density at radius 2 is 1.92 bits per heavy atom. The highest BCUT2D eigenvalue weighted by molar-refractivity contribution is 5.96. The van der Waals surface area contributed by atoms with Crippen LogP contribution in [0.2, 0.25) is 0 Å². The molecule has 13 heavy (non-hydrogen) atoms. The molecule has 0 heterocycles. The molecule has 0 amide bonds. The number of aryl methyl sites for hydroxylation is 1. The average molecular weight is 179 g/mol. The molecule has 1 rings (SSSR count). The summed E-state index contributed by atoms with van der Waals surface area (Å²) < 4.78 is 0. The van der Waals surface area contributed by atoms with Gasteiger partial charge in [-0.3, -0.25) is 14.9 Å². The summed E-state index contributed by atoms with van der Waals surface area (Å²) in [7, 11) is 0. The first-order chi connectivity index (χ1) is 6.09. The molecule has 0 radical (unpaired) electrons. The number of carbonyl (C=O) groups excluding carboxylic acids is 1. The fraction of sp³-hybridized carbons (Fsp3) is 0.222. The van der Waals surface area contributed by atoms with E-state index in [1.54, 1.807) is 24.3 Å². The van der Waals surface area contributed by atoms with Crippen molar-refractivity contribution >= 4 is 5.78 Å². The van der Waals surface area contributed by atoms with Gasteiger partial charge in [0.2, 0.25) is 5.78 Å². The maximum Gasteiger partial charge on any atom is 0.265 e. The summed E-state index contributed by atoms with van der Waals surface area (Å²) in [6.45, 7) is 1.25. The van der Waals surface area contributed by atoms with Crippen LogP contribution in [-0.2, 0) is 0 Å². The minimum absolute atomic E-state index is 0.391. The van der Waals surface area contributed by atoms with Gasteiger partial charge in [-0.2, -0.15) is 0 Å². The predicted molar refractivity (Wildman–Crippen MR) is 47.4 cm³/mol. The van der Waals surface area contributed by atoms with Gasteiger partial charge < -0.3 is 0 Å². The second kappa shape index (κ2) is 3.80. The van der Waals surface area contributed by atoms with E-state index in [1.807, 2.05) is 6.92 Å². The second-order valence-electron chi connectivity index (χ2n) is 2.78. The fourth-order valence-electron chi connectivity index (χ4n) is 0.948. The first kappa shape index (κ1) is 9.38. The summed E-state index contributed by atoms with van der Waals surface area (Å²) in [4.78, 5) is 20.5. The Hall–Kier alpha value is -1.71. The van der Waals surface area contributed by atoms with Gasteiger partial charge in [0.1, 0.15) is 0 Å². The lowest BCUT2D eigenvalue weighted by Crippen LogP contribution is -2.13. The molecule has 0 spiro atoms. The van der Waals surface area contributed by atoms with E-state index in [9.17, 15) is 14.9 Å². The van der Waals surface area contributed by atoms with Crippen molar-refractivity contribution < 1.29 is 9.72 Å². The van der Waals surface area contributed by atoms with Crippen LogP contribution in [-0.4, -0.2) is 17.3 Å². The molecule has 0 bridgehead atoms. The number of rotatable bonds is 3. The number of nitro groups is 1. The van der Waals surface area contributed by atoms with Crippen molar-refractivity contribution in [3.05, 3.63) is 45.5 Å². The Bertz CT molecular complexity index is 329. The first-order valence-corrected chi connectivity index (χ1v) is 3.81. The third kappa shape index (κ3) is 2.66. The Kier molecular flexibility index (Phi) is 2.74. The van der Waals surface area contributed by atoms with Crippen LogP contribution in [0.25, 0.3) is 0 Å². The normalized spacial score (nSPS) is 9.62. The molecule has 0 N–H and O–H groups in total. The van der Waals surface area contributed by atoms with Crippen molar-refractivity contribution in [2.24, 2.45) is 0 Å². The van der Waals surface area contributed by atoms with Crippen molar-refractivity contribution in [1.29, 1.82) is 0 Å². The summed E-state index contributed by atoms with van der Waals surface area (Å²) >= 11 is 0. The largest absolute Gasteiger partial charge is 0.287 e. The summed E-state index contributed by atoms with van der Waals surface area (Å²) in [5, 5.41) is 10.0. The quantitative estimate of drug-likeness (QED) is 0.401. The molecule has 4 nitrogen and oxygen atoms in total. The summed E-state index contributed by atoms with van der Waals surface area (Å²) in [6.07, 6.45) is 0. The number of ketones is 1. The van der Waals surface area contributed by atoms with Crippen LogP contribution in [0.15, 0.2) is 24.3 Å². The van der Waals surface area contributed by atoms with Gasteiger partial charge in [-0.05, 0) is 6.92 Å². The van der Waals surface area contributed by atoms with Crippen LogP contribution in [0.5, 0.6) is 0 Å². The van der Waals surface area contributed by atoms with E-state index >= 15 is 0 Å². The zero-order chi connectivity index (χ0) is 9.84. The molecule has 1 aromatic rings. The predicted octanol–water partition coefficient (Wildman–Crippen LogP) is 1.45. The molecule has 0 aromatic heterocycles. The lowest BCUT2D eigenvalue weighted by molar-refractivity contribution is -0.465. The van der Waals surface area contributed by atoms with Gasteiger partial charge in [0.25, 0.3) is 6.54 Å². The van der Waals surface area contributed by atoms with Gasteiger partial charge in [-0.25, -0.2) is 0 Å². The van der Waals surface area contributed by atoms with E-state index in [0.717, 1.165) is 5.56 Å². The zero-order valence-corrected chi connectivity index (χ0v) is 7.19. The van der Waals surface area contributed by atoms with Gasteiger partial charge in [0.05, 0.1) is 0 Å². The zero-order valence-electron chi connectivity index (χ0n) is 7.19. The molecule has 1 aromatic carbocycles. The van der Waals surface area contributed by atoms with Gasteiger partial charge >= 0.3 is 0 Å². The third-order valence-electron chi connectivity index (χ3n) is 1.65. The molecular formula is C9H9NO3. The minimum atomic E-state index is -0.636. The van der Waals surface area contributed by atoms with E-state index in [0.29, 0.717) is 5.56 Å². The minimum Gasteiger partial charge on any atom is -0.287 e. The molecule has 0 atom stereocenters. The number of hydrogen-bond acceptors (Lipinski definition) is 3. The molecule has 0 aliphatic heterocycles. The van der Waals surface area contributed by atoms with Gasteiger partial charge in [-0.15, -0.1) is 0 Å². The fourth-order valence-corrected chi connectivity index (χ4v) is 0.948. The number of carbonyl (C=O) groups is 1. The number of Topliss-reactive ketones (excluding diaryl/α,β-unsaturated/α-hetero) is 1. The topological polar surface area (TPSA) is 60.2 Å². The highest BCUT2D eigenvalue weighted by Crippen LogP contribution is 2.03. The van der Waals surface area contributed by atoms with Crippen LogP contribution in [0.4, 0.5) is 0 Å². The number of benzene rings is 1. The maximum atomic E-state index is 11.1. The first-order valence-electron chi connectivity index (χ1n) is 3.81. The summed E-state index contributed by atoms with van der Waals surface area (Å²) in [6, 6.07) is 6.71. The van der Waals surface area contributed by atoms with Crippen LogP contribution in [0.3, 0.4) is 0 Å². The van der Waals surface area contributed by atoms with Crippen molar-refractivity contribution in [2.75, 3.05) is 6.54 Å². The third-order valence-corrected chi connectivity index (χ3v) is 1.65. The molecule has 0 fully saturated rings. The van der Waals surface area contributed by atoms with Gasteiger partial charge in [0.15, 0.2) is 0 Å². The Morgan fingerprint density at radius 1 is 1.38 bits per heavy atom. The highest BCUT2D eigenvalue weighted by atomic mass is 16.6. The molecule has 68 valence electrons. The van der Waals surface area contributed by atoms with Crippen molar-refractivity contribution in [3.63, 3.8) is 0 Å². The number of nitrogens with zero attached hydrogens (tertiary/aromatic N) is 1. The molecule has 4 heteroatoms. The van der Waals surface area contributed by atoms with Crippen molar-refractivity contribution in [3.8, 4) is 0 Å². The molecule has 0 saturated heterocycles. The summed E-state index contributed by atoms with van der Waals surface area (Å²) in [5.41, 5.74) is 1.42. The monoisotopic (exact) mass is 179 g/mol. The van der Waals surface area contributed by atoms with E-state index in [2.05, 4.69) is 0 Å². The summed E-state index contributed by atoms with van der Waals surface area (Å²) in [5.74, 6) is -0.454. The molecule has 0 aliphatic carbocycles. The number of hydrogen-bond donors (Lipinski definition) is 0. The van der Waals surface area contributed by atoms with Crippen LogP contribution >= 0.6 is 0 Å². The highest BCUT2D eigenvalue weighted by Gasteiger charge is 2.11. The van der Waals surface area contributed by atoms with Crippen molar-refractivity contribution in [2.45, 2.75) is 6.92 Å². The van der Waals surface area contributed by atoms with Crippen LogP contribution < -0.4 is 0 Å². The van der Waals surface area contributed by atoms with Gasteiger partial charge in [-0.1, -0.05) is 29.8 Å². The van der Waals surface area contributed by atoms with E-state index in [-0.39, 0.29) is 0 Å². The smallest absolute Gasteiger partial charge is 0.265 e. The average Bonchev–Trinajstić information content (AvgIpc) is 2.04. The molecule has 0 aliphatic rings. The van der Waals surface area contributed by atoms with E-state index in [4.69, 9.17) is 0 Å². The maximum absolute atomic E-state index is 11.1. The van der Waals surface area contributed by atoms with Crippen LogP contribution in [0.1, 0.15) is 15.9 Å². The SMILES string of the molecule is Cc1ccc(C(=O)C[N+](=O)[O-])cc1. The van der Waals surface area contributed by atoms with E-state index < -0.39 is 17.3 Å². The molecule has 0 saturated carbocycles. The second-order valence-corrected chi connectivity index (χ2v) is 2.78. The Morgan fingerprint density at radius 3 is 2.38 bits per heavy atom. The van der Waals surface area contributed by atoms with Gasteiger partial charge in [0, 0.05) is 10.5 Å². The molecule has 0 unspecified atom stereocenters.